The SMILES string of the molecule is Cc1ccc(N2C(N)=NC(N)=NC23CCCC3)cc1.[Cl-]. The van der Waals surface area contributed by atoms with Gasteiger partial charge in [-0.2, -0.15) is 4.99 Å². The highest BCUT2D eigenvalue weighted by Gasteiger charge is 2.43. The van der Waals surface area contributed by atoms with Gasteiger partial charge in [0.1, 0.15) is 5.66 Å². The minimum Gasteiger partial charge on any atom is -1.00 e. The van der Waals surface area contributed by atoms with Crippen molar-refractivity contribution in [3.8, 4) is 0 Å². The molecule has 1 aliphatic heterocycles. The van der Waals surface area contributed by atoms with E-state index in [0.29, 0.717) is 11.9 Å². The summed E-state index contributed by atoms with van der Waals surface area (Å²) in [5.74, 6) is 0.737. The number of hydrogen-bond acceptors (Lipinski definition) is 5. The van der Waals surface area contributed by atoms with Gasteiger partial charge in [0.25, 0.3) is 0 Å². The Bertz CT molecular complexity index is 543. The molecule has 108 valence electrons. The number of anilines is 1. The lowest BCUT2D eigenvalue weighted by atomic mass is 10.1. The molecule has 0 aromatic heterocycles. The van der Waals surface area contributed by atoms with Crippen LogP contribution in [0.1, 0.15) is 31.2 Å². The van der Waals surface area contributed by atoms with Gasteiger partial charge in [0.15, 0.2) is 0 Å². The third-order valence-corrected chi connectivity index (χ3v) is 3.89. The van der Waals surface area contributed by atoms with Gasteiger partial charge in [-0.3, -0.25) is 4.90 Å². The Kier molecular flexibility index (Phi) is 3.90. The van der Waals surface area contributed by atoms with Crippen LogP contribution in [0.2, 0.25) is 0 Å². The summed E-state index contributed by atoms with van der Waals surface area (Å²) in [6.45, 7) is 2.07. The number of halogens is 1. The molecular weight excluding hydrogens is 274 g/mol. The molecule has 0 unspecified atom stereocenters. The smallest absolute Gasteiger partial charge is 0.220 e. The lowest BCUT2D eigenvalue weighted by Crippen LogP contribution is -3.00. The molecule has 2 aliphatic rings. The molecule has 1 aromatic rings. The van der Waals surface area contributed by atoms with Gasteiger partial charge < -0.3 is 23.9 Å². The van der Waals surface area contributed by atoms with Crippen molar-refractivity contribution in [1.82, 2.24) is 0 Å². The number of aliphatic imine (C=N–C) groups is 2. The molecule has 4 N–H and O–H groups in total. The summed E-state index contributed by atoms with van der Waals surface area (Å²) in [5.41, 5.74) is 13.8. The van der Waals surface area contributed by atoms with Crippen LogP contribution in [0, 0.1) is 6.92 Å². The first kappa shape index (κ1) is 14.7. The first-order chi connectivity index (χ1) is 9.11. The van der Waals surface area contributed by atoms with E-state index in [9.17, 15) is 0 Å². The molecule has 1 saturated carbocycles. The third kappa shape index (κ3) is 2.33. The van der Waals surface area contributed by atoms with Crippen LogP contribution < -0.4 is 28.8 Å². The summed E-state index contributed by atoms with van der Waals surface area (Å²) < 4.78 is 0. The summed E-state index contributed by atoms with van der Waals surface area (Å²) in [6, 6.07) is 8.28. The van der Waals surface area contributed by atoms with Crippen molar-refractivity contribution in [2.45, 2.75) is 38.3 Å². The van der Waals surface area contributed by atoms with Gasteiger partial charge in [0, 0.05) is 5.69 Å². The molecular formula is C14H19ClN5-. The van der Waals surface area contributed by atoms with Crippen molar-refractivity contribution >= 4 is 17.6 Å². The number of aryl methyl sites for hydroxylation is 1. The van der Waals surface area contributed by atoms with E-state index in [2.05, 4.69) is 41.2 Å². The maximum atomic E-state index is 6.11. The van der Waals surface area contributed by atoms with Crippen LogP contribution in [0.5, 0.6) is 0 Å². The second-order valence-corrected chi connectivity index (χ2v) is 5.30. The molecule has 0 radical (unpaired) electrons. The van der Waals surface area contributed by atoms with Crippen LogP contribution >= 0.6 is 0 Å². The van der Waals surface area contributed by atoms with Gasteiger partial charge in [0.05, 0.1) is 0 Å². The number of rotatable bonds is 1. The standard InChI is InChI=1S/C14H19N5.ClH/c1-10-4-6-11(7-5-10)19-13(16)17-12(15)18-14(19)8-2-3-9-14;/h4-7H,2-3,8-9H2,1H3,(H4,15,16,17,18);1H/p-1. The van der Waals surface area contributed by atoms with E-state index in [1.807, 2.05) is 4.90 Å². The molecule has 3 rings (SSSR count). The van der Waals surface area contributed by atoms with Crippen LogP contribution in [0.15, 0.2) is 34.3 Å². The van der Waals surface area contributed by atoms with Crippen LogP contribution in [0.3, 0.4) is 0 Å². The number of nitrogens with zero attached hydrogens (tertiary/aromatic N) is 3. The lowest BCUT2D eigenvalue weighted by Gasteiger charge is -2.41. The first-order valence-electron chi connectivity index (χ1n) is 6.67. The van der Waals surface area contributed by atoms with Gasteiger partial charge in [-0.05, 0) is 44.7 Å². The second kappa shape index (κ2) is 5.32. The molecule has 1 aliphatic carbocycles. The molecule has 0 amide bonds. The monoisotopic (exact) mass is 292 g/mol. The Morgan fingerprint density at radius 1 is 1.10 bits per heavy atom. The molecule has 1 heterocycles. The quantitative estimate of drug-likeness (QED) is 0.676. The van der Waals surface area contributed by atoms with Crippen molar-refractivity contribution < 1.29 is 12.4 Å². The maximum Gasteiger partial charge on any atom is 0.220 e. The Morgan fingerprint density at radius 2 is 1.70 bits per heavy atom. The fourth-order valence-electron chi connectivity index (χ4n) is 3.01. The summed E-state index contributed by atoms with van der Waals surface area (Å²) in [5, 5.41) is 0. The summed E-state index contributed by atoms with van der Waals surface area (Å²) >= 11 is 0. The average Bonchev–Trinajstić information content (AvgIpc) is 2.79. The third-order valence-electron chi connectivity index (χ3n) is 3.89. The zero-order chi connectivity index (χ0) is 13.5. The highest BCUT2D eigenvalue weighted by molar-refractivity contribution is 6.05. The molecule has 0 saturated heterocycles. The van der Waals surface area contributed by atoms with Gasteiger partial charge in [-0.1, -0.05) is 17.7 Å². The van der Waals surface area contributed by atoms with Crippen molar-refractivity contribution in [3.63, 3.8) is 0 Å². The fraction of sp³-hybridized carbons (Fsp3) is 0.429. The minimum atomic E-state index is -0.328. The highest BCUT2D eigenvalue weighted by Crippen LogP contribution is 2.40. The van der Waals surface area contributed by atoms with E-state index in [1.165, 1.54) is 5.56 Å². The minimum absolute atomic E-state index is 0. The van der Waals surface area contributed by atoms with E-state index in [-0.39, 0.29) is 18.1 Å². The topological polar surface area (TPSA) is 80.0 Å². The Hall–Kier alpha value is -1.75. The Balaban J connectivity index is 0.00000147. The van der Waals surface area contributed by atoms with Crippen molar-refractivity contribution in [2.75, 3.05) is 4.90 Å². The van der Waals surface area contributed by atoms with Crippen LogP contribution in [0.4, 0.5) is 5.69 Å². The van der Waals surface area contributed by atoms with E-state index >= 15 is 0 Å². The van der Waals surface area contributed by atoms with E-state index in [1.54, 1.807) is 0 Å². The average molecular weight is 293 g/mol. The molecule has 1 spiro atoms. The van der Waals surface area contributed by atoms with Gasteiger partial charge in [-0.25, -0.2) is 4.99 Å². The number of benzene rings is 1. The molecule has 0 bridgehead atoms. The van der Waals surface area contributed by atoms with Crippen LogP contribution in [-0.4, -0.2) is 17.6 Å². The molecule has 20 heavy (non-hydrogen) atoms. The normalized spacial score (nSPS) is 20.4. The summed E-state index contributed by atoms with van der Waals surface area (Å²) in [7, 11) is 0. The Morgan fingerprint density at radius 3 is 2.30 bits per heavy atom. The van der Waals surface area contributed by atoms with Crippen molar-refractivity contribution in [1.29, 1.82) is 0 Å². The van der Waals surface area contributed by atoms with Crippen molar-refractivity contribution in [2.24, 2.45) is 21.5 Å². The molecule has 0 atom stereocenters. The van der Waals surface area contributed by atoms with E-state index in [0.717, 1.165) is 31.4 Å². The number of hydrogen-bond donors (Lipinski definition) is 2. The van der Waals surface area contributed by atoms with E-state index in [4.69, 9.17) is 11.5 Å². The predicted molar refractivity (Wildman–Crippen MR) is 78.1 cm³/mol. The van der Waals surface area contributed by atoms with E-state index < -0.39 is 0 Å². The molecule has 6 heteroatoms. The predicted octanol–water partition coefficient (Wildman–Crippen LogP) is -1.28. The van der Waals surface area contributed by atoms with Gasteiger partial charge in [-0.15, -0.1) is 0 Å². The zero-order valence-corrected chi connectivity index (χ0v) is 12.3. The molecule has 1 aromatic carbocycles. The van der Waals surface area contributed by atoms with Crippen molar-refractivity contribution in [3.05, 3.63) is 29.8 Å². The zero-order valence-electron chi connectivity index (χ0n) is 11.5. The second-order valence-electron chi connectivity index (χ2n) is 5.30. The molecule has 5 nitrogen and oxygen atoms in total. The lowest BCUT2D eigenvalue weighted by molar-refractivity contribution is -0.00000465. The first-order valence-corrected chi connectivity index (χ1v) is 6.67. The summed E-state index contributed by atoms with van der Waals surface area (Å²) in [6.07, 6.45) is 4.23. The number of guanidine groups is 2. The maximum absolute atomic E-state index is 6.11. The van der Waals surface area contributed by atoms with Gasteiger partial charge in [0.2, 0.25) is 11.9 Å². The van der Waals surface area contributed by atoms with Gasteiger partial charge >= 0.3 is 0 Å². The summed E-state index contributed by atoms with van der Waals surface area (Å²) in [4.78, 5) is 10.8. The molecule has 1 fully saturated rings. The fourth-order valence-corrected chi connectivity index (χ4v) is 3.01. The number of nitrogens with two attached hydrogens (primary N) is 2. The van der Waals surface area contributed by atoms with Crippen LogP contribution in [-0.2, 0) is 0 Å². The highest BCUT2D eigenvalue weighted by atomic mass is 35.5. The Labute approximate surface area is 125 Å². The largest absolute Gasteiger partial charge is 1.00 e. The van der Waals surface area contributed by atoms with Crippen LogP contribution in [0.25, 0.3) is 0 Å².